The van der Waals surface area contributed by atoms with E-state index in [1.807, 2.05) is 49.4 Å². The van der Waals surface area contributed by atoms with E-state index in [0.717, 1.165) is 53.2 Å². The second kappa shape index (κ2) is 15.3. The zero-order chi connectivity index (χ0) is 39.9. The minimum Gasteiger partial charge on any atom is -0.493 e. The Labute approximate surface area is 333 Å². The minimum absolute atomic E-state index is 0.0516. The lowest BCUT2D eigenvalue weighted by Crippen LogP contribution is -2.54. The number of piperidine rings is 2. The predicted molar refractivity (Wildman–Crippen MR) is 211 cm³/mol. The summed E-state index contributed by atoms with van der Waals surface area (Å²) >= 11 is 0. The van der Waals surface area contributed by atoms with Gasteiger partial charge in [0, 0.05) is 43.8 Å². The van der Waals surface area contributed by atoms with E-state index >= 15 is 0 Å². The third-order valence-corrected chi connectivity index (χ3v) is 11.6. The molecule has 6 heterocycles. The first-order valence-electron chi connectivity index (χ1n) is 19.7. The van der Waals surface area contributed by atoms with Crippen LogP contribution in [0.3, 0.4) is 0 Å². The van der Waals surface area contributed by atoms with Gasteiger partial charge in [0.1, 0.15) is 29.3 Å². The van der Waals surface area contributed by atoms with Gasteiger partial charge in [-0.3, -0.25) is 34.2 Å². The van der Waals surface area contributed by atoms with Crippen LogP contribution in [-0.4, -0.2) is 90.7 Å². The van der Waals surface area contributed by atoms with Crippen LogP contribution in [0.1, 0.15) is 87.0 Å². The number of anilines is 2. The Balaban J connectivity index is 0.767. The van der Waals surface area contributed by atoms with Gasteiger partial charge in [-0.05, 0) is 86.9 Å². The summed E-state index contributed by atoms with van der Waals surface area (Å²) in [7, 11) is 0. The molecule has 2 aromatic carbocycles. The molecule has 9 rings (SSSR count). The fraction of sp³-hybridized carbons (Fsp3) is 0.357. The second-order valence-corrected chi connectivity index (χ2v) is 15.4. The molecule has 4 aliphatic rings. The summed E-state index contributed by atoms with van der Waals surface area (Å²) < 4.78 is 8.33. The Morgan fingerprint density at radius 2 is 1.74 bits per heavy atom. The molecule has 1 atom stereocenters. The zero-order valence-corrected chi connectivity index (χ0v) is 31.9. The van der Waals surface area contributed by atoms with Crippen LogP contribution in [0, 0.1) is 12.8 Å². The van der Waals surface area contributed by atoms with Crippen LogP contribution in [0.4, 0.5) is 11.5 Å². The molecule has 16 heteroatoms. The smallest absolute Gasteiger partial charge is 0.270 e. The lowest BCUT2D eigenvalue weighted by atomic mass is 9.86. The summed E-state index contributed by atoms with van der Waals surface area (Å²) in [6.07, 6.45) is 6.73. The Morgan fingerprint density at radius 3 is 2.55 bits per heavy atom. The number of nitrogens with one attached hydrogen (secondary N) is 3. The van der Waals surface area contributed by atoms with Crippen molar-refractivity contribution in [3.63, 3.8) is 0 Å². The maximum Gasteiger partial charge on any atom is 0.270 e. The van der Waals surface area contributed by atoms with Gasteiger partial charge in [-0.15, -0.1) is 0 Å². The van der Waals surface area contributed by atoms with Gasteiger partial charge in [-0.2, -0.15) is 0 Å². The molecular weight excluding hydrogens is 741 g/mol. The topological polar surface area (TPSA) is 194 Å². The molecule has 0 radical (unpaired) electrons. The number of imidazole rings is 1. The fourth-order valence-electron chi connectivity index (χ4n) is 8.36. The Morgan fingerprint density at radius 1 is 0.931 bits per heavy atom. The van der Waals surface area contributed by atoms with Crippen molar-refractivity contribution in [1.82, 2.24) is 40.0 Å². The van der Waals surface area contributed by atoms with E-state index in [1.165, 1.54) is 6.33 Å². The van der Waals surface area contributed by atoms with Gasteiger partial charge in [0.05, 0.1) is 29.7 Å². The van der Waals surface area contributed by atoms with Gasteiger partial charge in [0.15, 0.2) is 11.5 Å². The molecule has 3 aliphatic heterocycles. The summed E-state index contributed by atoms with van der Waals surface area (Å²) in [5.74, 6) is -0.486. The fourth-order valence-corrected chi connectivity index (χ4v) is 8.36. The van der Waals surface area contributed by atoms with Crippen molar-refractivity contribution in [3.8, 4) is 5.75 Å². The molecule has 3 N–H and O–H groups in total. The molecule has 58 heavy (non-hydrogen) atoms. The van der Waals surface area contributed by atoms with E-state index in [1.54, 1.807) is 24.5 Å². The van der Waals surface area contributed by atoms with Crippen LogP contribution in [0.5, 0.6) is 5.75 Å². The van der Waals surface area contributed by atoms with E-state index in [9.17, 15) is 24.0 Å². The first kappa shape index (κ1) is 36.9. The molecule has 1 aliphatic carbocycles. The number of amides is 5. The van der Waals surface area contributed by atoms with E-state index < -0.39 is 29.7 Å². The van der Waals surface area contributed by atoms with E-state index in [-0.39, 0.29) is 36.4 Å². The predicted octanol–water partition coefficient (Wildman–Crippen LogP) is 3.97. The van der Waals surface area contributed by atoms with Gasteiger partial charge in [-0.1, -0.05) is 24.3 Å². The number of rotatable bonds is 11. The first-order chi connectivity index (χ1) is 28.2. The Hall–Kier alpha value is -6.71. The number of benzene rings is 2. The summed E-state index contributed by atoms with van der Waals surface area (Å²) in [5, 5.41) is 8.75. The summed E-state index contributed by atoms with van der Waals surface area (Å²) in [4.78, 5) is 84.9. The van der Waals surface area contributed by atoms with Crippen LogP contribution >= 0.6 is 0 Å². The van der Waals surface area contributed by atoms with Crippen LogP contribution < -0.4 is 25.6 Å². The third kappa shape index (κ3) is 7.09. The number of aryl methyl sites for hydroxylation is 1. The SMILES string of the molecule is Cc1cccc(C(=O)NC2CC(n3cnc4c(NCc5cccc(OCC6CCN(c7cccc8c7C(=O)N([C@H]7CCC(=O)NC7=O)C8=O)CC6)c5)ncnc43)C2)n1. The molecule has 5 aromatic rings. The number of pyridine rings is 1. The Kier molecular flexibility index (Phi) is 9.75. The third-order valence-electron chi connectivity index (χ3n) is 11.6. The standard InChI is InChI=1S/C42H42N10O6/c1-24-5-2-9-31(47-24)39(54)48-27-18-28(19-27)51-23-46-36-37(44-22-45-38(36)51)43-20-26-6-3-7-29(17-26)58-21-25-13-15-50(16-14-25)32-10-4-8-30-35(32)42(57)52(41(30)56)33-11-12-34(53)49-40(33)55/h2-10,17,22-23,25,27-28,33H,11-16,18-21H2,1H3,(H,48,54)(H,43,44,45)(H,49,53,55)/t27?,28?,33-/m0/s1. The van der Waals surface area contributed by atoms with Crippen LogP contribution in [-0.2, 0) is 16.1 Å². The molecule has 1 saturated carbocycles. The van der Waals surface area contributed by atoms with E-state index in [0.29, 0.717) is 60.4 Å². The number of ether oxygens (including phenoxy) is 1. The second-order valence-electron chi connectivity index (χ2n) is 15.4. The molecule has 0 spiro atoms. The summed E-state index contributed by atoms with van der Waals surface area (Å²) in [5.41, 5.74) is 4.95. The van der Waals surface area contributed by atoms with Crippen molar-refractivity contribution in [3.05, 3.63) is 101 Å². The molecule has 0 unspecified atom stereocenters. The quantitative estimate of drug-likeness (QED) is 0.164. The zero-order valence-electron chi connectivity index (χ0n) is 31.9. The van der Waals surface area contributed by atoms with E-state index in [4.69, 9.17) is 4.74 Å². The Bertz CT molecular complexity index is 2450. The first-order valence-corrected chi connectivity index (χ1v) is 19.7. The maximum absolute atomic E-state index is 13.6. The highest BCUT2D eigenvalue weighted by atomic mass is 16.5. The average Bonchev–Trinajstić information content (AvgIpc) is 3.76. The van der Waals surface area contributed by atoms with Crippen molar-refractivity contribution in [2.24, 2.45) is 5.92 Å². The average molecular weight is 783 g/mol. The highest BCUT2D eigenvalue weighted by molar-refractivity contribution is 6.25. The highest BCUT2D eigenvalue weighted by Gasteiger charge is 2.46. The number of carbonyl (C=O) groups excluding carboxylic acids is 5. The number of hydrogen-bond donors (Lipinski definition) is 3. The van der Waals surface area contributed by atoms with Gasteiger partial charge >= 0.3 is 0 Å². The molecule has 5 amide bonds. The number of fused-ring (bicyclic) bond motifs is 2. The summed E-state index contributed by atoms with van der Waals surface area (Å²) in [6.45, 7) is 4.27. The maximum atomic E-state index is 13.6. The van der Waals surface area contributed by atoms with Gasteiger partial charge < -0.3 is 24.8 Å². The van der Waals surface area contributed by atoms with E-state index in [2.05, 4.69) is 45.4 Å². The molecule has 0 bridgehead atoms. The number of hydrogen-bond acceptors (Lipinski definition) is 12. The number of aromatic nitrogens is 5. The monoisotopic (exact) mass is 782 g/mol. The number of imide groups is 2. The van der Waals surface area contributed by atoms with Crippen molar-refractivity contribution >= 4 is 52.2 Å². The molecule has 3 fully saturated rings. The van der Waals surface area contributed by atoms with Crippen molar-refractivity contribution < 1.29 is 28.7 Å². The normalized spacial score (nSPS) is 20.8. The minimum atomic E-state index is -0.999. The van der Waals surface area contributed by atoms with Gasteiger partial charge in [0.25, 0.3) is 17.7 Å². The van der Waals surface area contributed by atoms with Crippen molar-refractivity contribution in [2.45, 2.75) is 70.1 Å². The largest absolute Gasteiger partial charge is 0.493 e. The number of nitrogens with zero attached hydrogens (tertiary/aromatic N) is 7. The van der Waals surface area contributed by atoms with Gasteiger partial charge in [-0.25, -0.2) is 19.9 Å². The highest BCUT2D eigenvalue weighted by Crippen LogP contribution is 2.37. The van der Waals surface area contributed by atoms with Crippen LogP contribution in [0.25, 0.3) is 11.2 Å². The lowest BCUT2D eigenvalue weighted by Gasteiger charge is -2.36. The van der Waals surface area contributed by atoms with Crippen LogP contribution in [0.15, 0.2) is 73.3 Å². The van der Waals surface area contributed by atoms with Gasteiger partial charge in [0.2, 0.25) is 11.8 Å². The molecule has 296 valence electrons. The molecular formula is C42H42N10O6. The summed E-state index contributed by atoms with van der Waals surface area (Å²) in [6, 6.07) is 17.8. The van der Waals surface area contributed by atoms with Crippen LogP contribution in [0.2, 0.25) is 0 Å². The van der Waals surface area contributed by atoms with Crippen molar-refractivity contribution in [2.75, 3.05) is 29.9 Å². The molecule has 3 aromatic heterocycles. The number of carbonyl (C=O) groups is 5. The molecule has 16 nitrogen and oxygen atoms in total. The van der Waals surface area contributed by atoms with Crippen molar-refractivity contribution in [1.29, 1.82) is 0 Å². The lowest BCUT2D eigenvalue weighted by molar-refractivity contribution is -0.136. The molecule has 2 saturated heterocycles.